The maximum atomic E-state index is 12.2. The molecule has 2 rings (SSSR count). The Hall–Kier alpha value is -0.550. The van der Waals surface area contributed by atoms with Crippen LogP contribution in [0.4, 0.5) is 5.69 Å². The highest BCUT2D eigenvalue weighted by Gasteiger charge is 2.15. The molecule has 0 saturated carbocycles. The minimum absolute atomic E-state index is 0.264. The molecule has 0 fully saturated rings. The van der Waals surface area contributed by atoms with Gasteiger partial charge in [0.05, 0.1) is 21.3 Å². The number of hydrogen-bond donors (Lipinski definition) is 1. The Morgan fingerprint density at radius 2 is 1.68 bits per heavy atom. The van der Waals surface area contributed by atoms with Crippen molar-refractivity contribution in [3.8, 4) is 0 Å². The lowest BCUT2D eigenvalue weighted by Gasteiger charge is -2.10. The maximum Gasteiger partial charge on any atom is 0.258 e. The van der Waals surface area contributed by atoms with E-state index in [2.05, 4.69) is 37.2 Å². The molecule has 0 aliphatic heterocycles. The number of amides is 1. The highest BCUT2D eigenvalue weighted by Crippen LogP contribution is 2.29. The zero-order valence-electron chi connectivity index (χ0n) is 9.38. The van der Waals surface area contributed by atoms with Crippen molar-refractivity contribution in [2.75, 3.05) is 5.32 Å². The Kier molecular flexibility index (Phi) is 4.90. The van der Waals surface area contributed by atoms with Crippen molar-refractivity contribution in [3.05, 3.63) is 61.0 Å². The molecule has 0 heterocycles. The van der Waals surface area contributed by atoms with E-state index in [0.717, 1.165) is 8.95 Å². The van der Waals surface area contributed by atoms with Gasteiger partial charge in [0.1, 0.15) is 0 Å². The lowest BCUT2D eigenvalue weighted by Crippen LogP contribution is -2.13. The molecule has 98 valence electrons. The summed E-state index contributed by atoms with van der Waals surface area (Å²) in [5.41, 5.74) is 0.907. The SMILES string of the molecule is O=C(Nc1ccc(Br)cc1Br)c1c(Cl)cccc1Cl. The van der Waals surface area contributed by atoms with Crippen molar-refractivity contribution in [1.82, 2.24) is 0 Å². The Labute approximate surface area is 137 Å². The number of carbonyl (C=O) groups excluding carboxylic acids is 1. The largest absolute Gasteiger partial charge is 0.321 e. The maximum absolute atomic E-state index is 12.2. The zero-order valence-corrected chi connectivity index (χ0v) is 14.1. The number of halogens is 4. The van der Waals surface area contributed by atoms with E-state index in [0.29, 0.717) is 15.7 Å². The summed E-state index contributed by atoms with van der Waals surface area (Å²) in [6, 6.07) is 10.4. The van der Waals surface area contributed by atoms with E-state index >= 15 is 0 Å². The summed E-state index contributed by atoms with van der Waals surface area (Å²) in [7, 11) is 0. The molecule has 1 amide bonds. The van der Waals surface area contributed by atoms with E-state index in [1.54, 1.807) is 24.3 Å². The van der Waals surface area contributed by atoms with Crippen LogP contribution in [-0.2, 0) is 0 Å². The third kappa shape index (κ3) is 3.51. The average Bonchev–Trinajstić information content (AvgIpc) is 2.32. The molecule has 2 aromatic carbocycles. The monoisotopic (exact) mass is 421 g/mol. The highest BCUT2D eigenvalue weighted by molar-refractivity contribution is 9.11. The standard InChI is InChI=1S/C13H7Br2Cl2NO/c14-7-4-5-11(8(15)6-7)18-13(19)12-9(16)2-1-3-10(12)17/h1-6H,(H,18,19). The van der Waals surface area contributed by atoms with Crippen molar-refractivity contribution in [2.45, 2.75) is 0 Å². The van der Waals surface area contributed by atoms with Crippen LogP contribution in [0.15, 0.2) is 45.3 Å². The minimum atomic E-state index is -0.348. The molecule has 0 bridgehead atoms. The third-order valence-electron chi connectivity index (χ3n) is 2.37. The van der Waals surface area contributed by atoms with Crippen LogP contribution in [0.2, 0.25) is 10.0 Å². The van der Waals surface area contributed by atoms with Gasteiger partial charge in [0, 0.05) is 8.95 Å². The summed E-state index contributed by atoms with van der Waals surface area (Å²) in [5, 5.41) is 3.40. The summed E-state index contributed by atoms with van der Waals surface area (Å²) in [4.78, 5) is 12.2. The Balaban J connectivity index is 2.31. The van der Waals surface area contributed by atoms with E-state index < -0.39 is 0 Å². The zero-order chi connectivity index (χ0) is 14.0. The van der Waals surface area contributed by atoms with E-state index in [1.807, 2.05) is 12.1 Å². The number of anilines is 1. The first kappa shape index (κ1) is 14.9. The van der Waals surface area contributed by atoms with Crippen LogP contribution in [0.1, 0.15) is 10.4 Å². The number of nitrogens with one attached hydrogen (secondary N) is 1. The molecule has 0 spiro atoms. The Bertz CT molecular complexity index is 626. The van der Waals surface area contributed by atoms with E-state index in [4.69, 9.17) is 23.2 Å². The van der Waals surface area contributed by atoms with Gasteiger partial charge >= 0.3 is 0 Å². The summed E-state index contributed by atoms with van der Waals surface area (Å²) in [6.07, 6.45) is 0. The molecule has 0 unspecified atom stereocenters. The van der Waals surface area contributed by atoms with Gasteiger partial charge in [-0.1, -0.05) is 45.2 Å². The van der Waals surface area contributed by atoms with E-state index in [1.165, 1.54) is 0 Å². The molecule has 6 heteroatoms. The number of benzene rings is 2. The van der Waals surface area contributed by atoms with Crippen LogP contribution in [0.25, 0.3) is 0 Å². The van der Waals surface area contributed by atoms with Crippen molar-refractivity contribution in [1.29, 1.82) is 0 Å². The lowest BCUT2D eigenvalue weighted by molar-refractivity contribution is 0.102. The first-order valence-corrected chi connectivity index (χ1v) is 7.53. The lowest BCUT2D eigenvalue weighted by atomic mass is 10.2. The van der Waals surface area contributed by atoms with Crippen molar-refractivity contribution < 1.29 is 4.79 Å². The number of hydrogen-bond acceptors (Lipinski definition) is 1. The molecular weight excluding hydrogens is 417 g/mol. The molecule has 2 nitrogen and oxygen atoms in total. The van der Waals surface area contributed by atoms with Crippen LogP contribution < -0.4 is 5.32 Å². The molecule has 1 N–H and O–H groups in total. The van der Waals surface area contributed by atoms with E-state index in [-0.39, 0.29) is 11.5 Å². The van der Waals surface area contributed by atoms with Gasteiger partial charge in [0.25, 0.3) is 5.91 Å². The Morgan fingerprint density at radius 3 is 2.26 bits per heavy atom. The summed E-state index contributed by atoms with van der Waals surface area (Å²) >= 11 is 18.7. The average molecular weight is 424 g/mol. The van der Waals surface area contributed by atoms with Gasteiger partial charge in [-0.15, -0.1) is 0 Å². The number of rotatable bonds is 2. The molecule has 0 radical (unpaired) electrons. The normalized spacial score (nSPS) is 10.3. The van der Waals surface area contributed by atoms with Gasteiger partial charge in [-0.2, -0.15) is 0 Å². The third-order valence-corrected chi connectivity index (χ3v) is 4.15. The van der Waals surface area contributed by atoms with Gasteiger partial charge in [0.2, 0.25) is 0 Å². The summed E-state index contributed by atoms with van der Waals surface area (Å²) in [6.45, 7) is 0. The van der Waals surface area contributed by atoms with Crippen LogP contribution in [0, 0.1) is 0 Å². The van der Waals surface area contributed by atoms with Gasteiger partial charge in [-0.3, -0.25) is 4.79 Å². The van der Waals surface area contributed by atoms with E-state index in [9.17, 15) is 4.79 Å². The predicted molar refractivity (Wildman–Crippen MR) is 86.3 cm³/mol. The van der Waals surface area contributed by atoms with Crippen molar-refractivity contribution >= 4 is 66.7 Å². The highest BCUT2D eigenvalue weighted by atomic mass is 79.9. The fourth-order valence-corrected chi connectivity index (χ4v) is 3.21. The second kappa shape index (κ2) is 6.27. The van der Waals surface area contributed by atoms with Crippen LogP contribution in [0.5, 0.6) is 0 Å². The van der Waals surface area contributed by atoms with Gasteiger partial charge in [-0.25, -0.2) is 0 Å². The minimum Gasteiger partial charge on any atom is -0.321 e. The summed E-state index contributed by atoms with van der Waals surface area (Å²) in [5.74, 6) is -0.348. The molecule has 0 aliphatic carbocycles. The first-order valence-electron chi connectivity index (χ1n) is 5.19. The Morgan fingerprint density at radius 1 is 1.05 bits per heavy atom. The van der Waals surface area contributed by atoms with Gasteiger partial charge < -0.3 is 5.32 Å². The fourth-order valence-electron chi connectivity index (χ4n) is 1.49. The fraction of sp³-hybridized carbons (Fsp3) is 0. The van der Waals surface area contributed by atoms with Crippen LogP contribution in [-0.4, -0.2) is 5.91 Å². The smallest absolute Gasteiger partial charge is 0.258 e. The van der Waals surface area contributed by atoms with Crippen LogP contribution in [0.3, 0.4) is 0 Å². The quantitative estimate of drug-likeness (QED) is 0.652. The van der Waals surface area contributed by atoms with Crippen molar-refractivity contribution in [3.63, 3.8) is 0 Å². The first-order chi connectivity index (χ1) is 8.99. The molecule has 19 heavy (non-hydrogen) atoms. The topological polar surface area (TPSA) is 29.1 Å². The molecule has 0 saturated heterocycles. The second-order valence-corrected chi connectivity index (χ2v) is 6.26. The predicted octanol–water partition coefficient (Wildman–Crippen LogP) is 5.77. The molecule has 0 aromatic heterocycles. The van der Waals surface area contributed by atoms with Gasteiger partial charge in [-0.05, 0) is 46.3 Å². The molecule has 0 atom stereocenters. The molecular formula is C13H7Br2Cl2NO. The molecule has 0 aliphatic rings. The van der Waals surface area contributed by atoms with Gasteiger partial charge in [0.15, 0.2) is 0 Å². The number of carbonyl (C=O) groups is 1. The summed E-state index contributed by atoms with van der Waals surface area (Å²) < 4.78 is 1.67. The molecule has 2 aromatic rings. The van der Waals surface area contributed by atoms with Crippen LogP contribution >= 0.6 is 55.1 Å². The van der Waals surface area contributed by atoms with Crippen molar-refractivity contribution in [2.24, 2.45) is 0 Å². The second-order valence-electron chi connectivity index (χ2n) is 3.67.